The first-order valence-corrected chi connectivity index (χ1v) is 27.4. The summed E-state index contributed by atoms with van der Waals surface area (Å²) in [5.74, 6) is -1.59. The van der Waals surface area contributed by atoms with Gasteiger partial charge in [-0.15, -0.1) is 0 Å². The van der Waals surface area contributed by atoms with Crippen molar-refractivity contribution in [3.63, 3.8) is 0 Å². The van der Waals surface area contributed by atoms with E-state index < -0.39 is 72.8 Å². The molecular formula is C50H72N8O12Si. The number of hydrogen-bond donors (Lipinski definition) is 2. The molecule has 0 bridgehead atoms. The van der Waals surface area contributed by atoms with Crippen LogP contribution < -0.4 is 30.9 Å². The number of alkyl carbamates (subject to hydrolysis) is 1. The molecule has 2 heterocycles. The number of esters is 1. The summed E-state index contributed by atoms with van der Waals surface area (Å²) in [6.07, 6.45) is -2.53. The van der Waals surface area contributed by atoms with E-state index in [-0.39, 0.29) is 55.8 Å². The molecule has 0 aliphatic rings. The third-order valence-electron chi connectivity index (χ3n) is 9.82. The van der Waals surface area contributed by atoms with Crippen LogP contribution in [0.5, 0.6) is 5.88 Å². The Balaban J connectivity index is 1.79. The fraction of sp³-hybridized carbons (Fsp3) is 0.540. The van der Waals surface area contributed by atoms with E-state index >= 15 is 0 Å². The van der Waals surface area contributed by atoms with Crippen LogP contribution in [0, 0.1) is 0 Å². The number of fused-ring (bicyclic) bond motifs is 1. The number of unbranched alkanes of at least 4 members (excludes halogenated alkanes) is 1. The number of anilines is 2. The predicted molar refractivity (Wildman–Crippen MR) is 271 cm³/mol. The van der Waals surface area contributed by atoms with Crippen molar-refractivity contribution in [2.75, 3.05) is 36.5 Å². The molecule has 0 spiro atoms. The van der Waals surface area contributed by atoms with E-state index in [1.165, 1.54) is 7.05 Å². The van der Waals surface area contributed by atoms with Crippen LogP contribution in [0.4, 0.5) is 30.9 Å². The molecule has 0 aliphatic carbocycles. The molecule has 71 heavy (non-hydrogen) atoms. The third-order valence-corrected chi connectivity index (χ3v) is 11.5. The lowest BCUT2D eigenvalue weighted by molar-refractivity contribution is -0.145. The Bertz CT molecular complexity index is 2470. The number of carbonyl (C=O) groups excluding carboxylic acids is 5. The molecule has 1 atom stereocenters. The van der Waals surface area contributed by atoms with E-state index in [1.807, 2.05) is 36.4 Å². The molecule has 1 unspecified atom stereocenters. The van der Waals surface area contributed by atoms with Crippen molar-refractivity contribution in [2.45, 2.75) is 150 Å². The number of amides is 4. The van der Waals surface area contributed by atoms with Gasteiger partial charge >= 0.3 is 36.0 Å². The summed E-state index contributed by atoms with van der Waals surface area (Å²) < 4.78 is 35.6. The van der Waals surface area contributed by atoms with E-state index in [2.05, 4.69) is 40.2 Å². The molecule has 21 heteroatoms. The number of hydrogen-bond acceptors (Lipinski definition) is 16. The topological polar surface area (TPSA) is 232 Å². The average molecular weight is 1010 g/mol. The first kappa shape index (κ1) is 57.0. The van der Waals surface area contributed by atoms with E-state index in [0.717, 1.165) is 21.1 Å². The fourth-order valence-corrected chi connectivity index (χ4v) is 7.09. The third kappa shape index (κ3) is 19.3. The average Bonchev–Trinajstić information content (AvgIpc) is 3.25. The van der Waals surface area contributed by atoms with Gasteiger partial charge in [0.2, 0.25) is 11.8 Å². The summed E-state index contributed by atoms with van der Waals surface area (Å²) in [4.78, 5) is 97.4. The number of rotatable bonds is 20. The monoisotopic (exact) mass is 1000 g/mol. The van der Waals surface area contributed by atoms with Crippen LogP contribution >= 0.6 is 0 Å². The van der Waals surface area contributed by atoms with Crippen molar-refractivity contribution in [2.24, 2.45) is 0 Å². The molecule has 4 amide bonds. The number of imide groups is 1. The summed E-state index contributed by atoms with van der Waals surface area (Å²) in [6.45, 7) is 21.5. The van der Waals surface area contributed by atoms with Gasteiger partial charge in [-0.2, -0.15) is 19.9 Å². The molecule has 0 radical (unpaired) electrons. The Hall–Kier alpha value is -6.61. The van der Waals surface area contributed by atoms with Crippen molar-refractivity contribution >= 4 is 61.2 Å². The predicted octanol–water partition coefficient (Wildman–Crippen LogP) is 8.75. The van der Waals surface area contributed by atoms with Gasteiger partial charge in [-0.3, -0.25) is 9.36 Å². The Morgan fingerprint density at radius 1 is 0.704 bits per heavy atom. The van der Waals surface area contributed by atoms with Crippen molar-refractivity contribution in [1.29, 1.82) is 0 Å². The molecule has 0 aliphatic heterocycles. The summed E-state index contributed by atoms with van der Waals surface area (Å²) in [6, 6.07) is 18.3. The molecule has 20 nitrogen and oxygen atoms in total. The quantitative estimate of drug-likeness (QED) is 0.0365. The van der Waals surface area contributed by atoms with Crippen LogP contribution in [-0.4, -0.2) is 108 Å². The van der Waals surface area contributed by atoms with E-state index in [4.69, 9.17) is 33.4 Å². The van der Waals surface area contributed by atoms with Gasteiger partial charge in [0, 0.05) is 34.8 Å². The van der Waals surface area contributed by atoms with Crippen LogP contribution in [0.1, 0.15) is 92.7 Å². The van der Waals surface area contributed by atoms with Gasteiger partial charge in [0.1, 0.15) is 41.4 Å². The maximum absolute atomic E-state index is 14.5. The zero-order chi connectivity index (χ0) is 52.7. The van der Waals surface area contributed by atoms with Gasteiger partial charge in [0.05, 0.1) is 6.61 Å². The number of aromatic nitrogens is 4. The van der Waals surface area contributed by atoms with Crippen molar-refractivity contribution in [1.82, 2.24) is 30.2 Å². The summed E-state index contributed by atoms with van der Waals surface area (Å²) in [7, 11) is -0.188. The molecular weight excluding hydrogens is 933 g/mol. The molecule has 388 valence electrons. The molecule has 0 fully saturated rings. The number of carbonyl (C=O) groups is 5. The first-order chi connectivity index (χ1) is 33.1. The lowest BCUT2D eigenvalue weighted by Gasteiger charge is -2.29. The lowest BCUT2D eigenvalue weighted by Crippen LogP contribution is -2.45. The number of nitrogens with one attached hydrogen (secondary N) is 2. The van der Waals surface area contributed by atoms with Gasteiger partial charge in [0.15, 0.2) is 11.5 Å². The summed E-state index contributed by atoms with van der Waals surface area (Å²) in [5, 5.41) is 5.79. The molecule has 2 N–H and O–H groups in total. The maximum atomic E-state index is 14.5. The minimum atomic E-state index is -1.56. The summed E-state index contributed by atoms with van der Waals surface area (Å²) >= 11 is 0. The van der Waals surface area contributed by atoms with E-state index in [9.17, 15) is 28.8 Å². The minimum absolute atomic E-state index is 0.0306. The second-order valence-electron chi connectivity index (χ2n) is 21.0. The molecule has 0 saturated carbocycles. The zero-order valence-electron chi connectivity index (χ0n) is 43.5. The van der Waals surface area contributed by atoms with Crippen molar-refractivity contribution < 1.29 is 52.4 Å². The van der Waals surface area contributed by atoms with Crippen LogP contribution in [0.2, 0.25) is 25.7 Å². The number of ether oxygens (including phenoxy) is 6. The van der Waals surface area contributed by atoms with E-state index in [0.29, 0.717) is 36.3 Å². The van der Waals surface area contributed by atoms with Crippen molar-refractivity contribution in [3.8, 4) is 5.88 Å². The van der Waals surface area contributed by atoms with Crippen LogP contribution in [-0.2, 0) is 48.2 Å². The maximum Gasteiger partial charge on any atom is 0.425 e. The Morgan fingerprint density at radius 3 is 1.80 bits per heavy atom. The van der Waals surface area contributed by atoms with Gasteiger partial charge in [-0.1, -0.05) is 80.3 Å². The molecule has 2 aromatic carbocycles. The largest absolute Gasteiger partial charge is 0.472 e. The van der Waals surface area contributed by atoms with Gasteiger partial charge in [0.25, 0.3) is 0 Å². The molecule has 2 aromatic heterocycles. The normalized spacial score (nSPS) is 12.4. The second kappa shape index (κ2) is 25.0. The Morgan fingerprint density at radius 2 is 1.25 bits per heavy atom. The van der Waals surface area contributed by atoms with Gasteiger partial charge < -0.3 is 39.1 Å². The molecule has 4 aromatic rings. The Kier molecular flexibility index (Phi) is 20.0. The highest BCUT2D eigenvalue weighted by Crippen LogP contribution is 2.34. The first-order valence-electron chi connectivity index (χ1n) is 23.7. The SMILES string of the molecule is CN(C(=O)OC(C)(C)C)c1nc(OCc2ccccc2)c2c(N(C(=O)OC(C)(C)C)C(=O)OC(C)(C)C)nc(=O)n(CCNC(CCCCNC(=O)OCc3ccccc3)C(=O)OCC[Si](C)(C)C)c2n1. The highest BCUT2D eigenvalue weighted by atomic mass is 28.3. The van der Waals surface area contributed by atoms with Crippen molar-refractivity contribution in [3.05, 3.63) is 82.3 Å². The Labute approximate surface area is 417 Å². The zero-order valence-corrected chi connectivity index (χ0v) is 44.5. The fourth-order valence-electron chi connectivity index (χ4n) is 6.38. The van der Waals surface area contributed by atoms with Gasteiger partial charge in [-0.05, 0) is 98.7 Å². The smallest absolute Gasteiger partial charge is 0.425 e. The van der Waals surface area contributed by atoms with Crippen LogP contribution in [0.25, 0.3) is 11.0 Å². The van der Waals surface area contributed by atoms with Crippen LogP contribution in [0.3, 0.4) is 0 Å². The number of nitrogens with zero attached hydrogens (tertiary/aromatic N) is 6. The molecule has 0 saturated heterocycles. The van der Waals surface area contributed by atoms with E-state index in [1.54, 1.807) is 86.6 Å². The second-order valence-corrected chi connectivity index (χ2v) is 26.6. The number of benzene rings is 2. The standard InChI is InChI=1S/C50H72N8O12Si/c1-48(2,3)68-45(62)56(10)42-53-38-37(40(55-42)66-32-34-22-16-14-17-23-34)39(58(46(63)69-49(4,5)6)47(64)70-50(7,8)9)54-43(60)57(38)29-28-51-36(41(59)65-30-31-71(11,12)13)26-20-21-27-52-44(61)67-33-35-24-18-15-19-25-35/h14-19,22-25,36,51H,20-21,26-33H2,1-13H3,(H,52,61). The summed E-state index contributed by atoms with van der Waals surface area (Å²) in [5.41, 5.74) is -2.81. The highest BCUT2D eigenvalue weighted by Gasteiger charge is 2.38. The van der Waals surface area contributed by atoms with Crippen LogP contribution in [0.15, 0.2) is 65.5 Å². The minimum Gasteiger partial charge on any atom is -0.472 e. The highest BCUT2D eigenvalue weighted by molar-refractivity contribution is 6.76. The lowest BCUT2D eigenvalue weighted by atomic mass is 10.1. The van der Waals surface area contributed by atoms with Gasteiger partial charge in [-0.25, -0.2) is 28.9 Å². The molecule has 4 rings (SSSR count).